The van der Waals surface area contributed by atoms with Gasteiger partial charge in [-0.05, 0) is 31.6 Å². The molecule has 0 bridgehead atoms. The van der Waals surface area contributed by atoms with E-state index in [9.17, 15) is 5.26 Å². The maximum Gasteiger partial charge on any atom is 0.253 e. The van der Waals surface area contributed by atoms with Crippen molar-refractivity contribution in [1.29, 1.82) is 10.7 Å². The lowest BCUT2D eigenvalue weighted by Gasteiger charge is -2.09. The number of hydrogen-bond donors (Lipinski definition) is 4. The van der Waals surface area contributed by atoms with Gasteiger partial charge in [0.05, 0.1) is 17.2 Å². The van der Waals surface area contributed by atoms with Crippen molar-refractivity contribution in [3.05, 3.63) is 59.4 Å². The van der Waals surface area contributed by atoms with E-state index in [1.807, 2.05) is 32.0 Å². The largest absolute Gasteiger partial charge is 0.389 e. The number of rotatable bonds is 8. The van der Waals surface area contributed by atoms with Crippen LogP contribution in [0, 0.1) is 16.7 Å². The zero-order chi connectivity index (χ0) is 19.6. The summed E-state index contributed by atoms with van der Waals surface area (Å²) in [6.45, 7) is 4.41. The van der Waals surface area contributed by atoms with Gasteiger partial charge in [0.25, 0.3) is 5.95 Å². The van der Waals surface area contributed by atoms with E-state index < -0.39 is 0 Å². The highest BCUT2D eigenvalue weighted by atomic mass is 15.1. The molecular weight excluding hydrogens is 340 g/mol. The Bertz CT molecular complexity index is 893. The second-order valence-electron chi connectivity index (χ2n) is 5.93. The van der Waals surface area contributed by atoms with Gasteiger partial charge in [-0.25, -0.2) is 4.98 Å². The van der Waals surface area contributed by atoms with Crippen LogP contribution in [0.15, 0.2) is 47.7 Å². The molecule has 0 fully saturated rings. The van der Waals surface area contributed by atoms with Crippen molar-refractivity contribution in [3.8, 4) is 6.07 Å². The van der Waals surface area contributed by atoms with Gasteiger partial charge in [-0.15, -0.1) is 0 Å². The summed E-state index contributed by atoms with van der Waals surface area (Å²) in [6.07, 6.45) is 6.00. The van der Waals surface area contributed by atoms with Gasteiger partial charge in [-0.3, -0.25) is 0 Å². The van der Waals surface area contributed by atoms with Gasteiger partial charge in [-0.1, -0.05) is 18.2 Å². The number of nitrogens with two attached hydrogens (primary N) is 1. The minimum Gasteiger partial charge on any atom is -0.389 e. The van der Waals surface area contributed by atoms with E-state index in [1.54, 1.807) is 18.3 Å². The molecule has 0 spiro atoms. The maximum atomic E-state index is 9.18. The Morgan fingerprint density at radius 2 is 2.19 bits per heavy atom. The summed E-state index contributed by atoms with van der Waals surface area (Å²) in [4.78, 5) is 12.6. The smallest absolute Gasteiger partial charge is 0.253 e. The van der Waals surface area contributed by atoms with Crippen LogP contribution in [0.25, 0.3) is 0 Å². The lowest BCUT2D eigenvalue weighted by Crippen LogP contribution is -2.17. The van der Waals surface area contributed by atoms with Crippen LogP contribution in [0.4, 0.5) is 11.8 Å². The highest BCUT2D eigenvalue weighted by Gasteiger charge is 2.07. The van der Waals surface area contributed by atoms with Crippen LogP contribution in [0.3, 0.4) is 0 Å². The molecule has 1 aromatic carbocycles. The fourth-order valence-electron chi connectivity index (χ4n) is 2.12. The second kappa shape index (κ2) is 9.68. The molecule has 0 unspecified atom stereocenters. The molecule has 2 rings (SSSR count). The molecule has 8 heteroatoms. The Hall–Kier alpha value is -3.73. The third-order valence-corrected chi connectivity index (χ3v) is 3.46. The topological polar surface area (TPSA) is 136 Å². The molecule has 1 aromatic heterocycles. The summed E-state index contributed by atoms with van der Waals surface area (Å²) in [6, 6.07) is 9.74. The molecule has 0 aliphatic rings. The van der Waals surface area contributed by atoms with Gasteiger partial charge in [0.2, 0.25) is 0 Å². The minimum atomic E-state index is 0.184. The molecule has 0 atom stereocenters. The number of nitrogens with zero attached hydrogens (tertiary/aromatic N) is 4. The molecule has 0 amide bonds. The van der Waals surface area contributed by atoms with Crippen molar-refractivity contribution >= 4 is 23.8 Å². The molecule has 27 heavy (non-hydrogen) atoms. The molecular formula is C19H22N8. The summed E-state index contributed by atoms with van der Waals surface area (Å²) < 4.78 is 0. The van der Waals surface area contributed by atoms with Gasteiger partial charge in [0, 0.05) is 31.2 Å². The summed E-state index contributed by atoms with van der Waals surface area (Å²) in [5.74, 6) is 0.887. The van der Waals surface area contributed by atoms with Crippen LogP contribution < -0.4 is 16.4 Å². The van der Waals surface area contributed by atoms with E-state index >= 15 is 0 Å². The van der Waals surface area contributed by atoms with E-state index in [2.05, 4.69) is 31.7 Å². The molecule has 1 heterocycles. The van der Waals surface area contributed by atoms with E-state index in [-0.39, 0.29) is 11.8 Å². The van der Waals surface area contributed by atoms with E-state index in [1.165, 1.54) is 6.20 Å². The minimum absolute atomic E-state index is 0.184. The summed E-state index contributed by atoms with van der Waals surface area (Å²) in [7, 11) is 0. The normalized spacial score (nSPS) is 11.4. The van der Waals surface area contributed by atoms with E-state index in [0.717, 1.165) is 11.8 Å². The average Bonchev–Trinajstić information content (AvgIpc) is 2.66. The molecule has 0 saturated carbocycles. The number of anilines is 1. The number of amidine groups is 1. The SMILES string of the molecule is CC(C)N/C=C\C(N)=N/c1ncc(C=N)c(NCc2ccccc2C#N)n1. The van der Waals surface area contributed by atoms with Crippen molar-refractivity contribution in [2.24, 2.45) is 10.7 Å². The van der Waals surface area contributed by atoms with Crippen molar-refractivity contribution in [2.75, 3.05) is 5.32 Å². The fraction of sp³-hybridized carbons (Fsp3) is 0.211. The highest BCUT2D eigenvalue weighted by molar-refractivity contribution is 5.93. The van der Waals surface area contributed by atoms with Gasteiger partial charge >= 0.3 is 0 Å². The first-order valence-corrected chi connectivity index (χ1v) is 8.39. The Balaban J connectivity index is 2.19. The lowest BCUT2D eigenvalue weighted by atomic mass is 10.1. The van der Waals surface area contributed by atoms with Crippen LogP contribution in [-0.2, 0) is 6.54 Å². The molecule has 0 saturated heterocycles. The van der Waals surface area contributed by atoms with Gasteiger partial charge in [0.15, 0.2) is 0 Å². The van der Waals surface area contributed by atoms with E-state index in [0.29, 0.717) is 29.5 Å². The first-order valence-electron chi connectivity index (χ1n) is 8.39. The van der Waals surface area contributed by atoms with Crippen LogP contribution in [-0.4, -0.2) is 28.1 Å². The van der Waals surface area contributed by atoms with Crippen molar-refractivity contribution < 1.29 is 0 Å². The Morgan fingerprint density at radius 3 is 2.89 bits per heavy atom. The molecule has 0 radical (unpaired) electrons. The van der Waals surface area contributed by atoms with Gasteiger partial charge < -0.3 is 21.8 Å². The Morgan fingerprint density at radius 1 is 1.41 bits per heavy atom. The number of nitriles is 1. The second-order valence-corrected chi connectivity index (χ2v) is 5.93. The fourth-order valence-corrected chi connectivity index (χ4v) is 2.12. The summed E-state index contributed by atoms with van der Waals surface area (Å²) in [5.41, 5.74) is 7.79. The number of benzene rings is 1. The van der Waals surface area contributed by atoms with Crippen molar-refractivity contribution in [2.45, 2.75) is 26.4 Å². The molecule has 138 valence electrons. The Kier molecular flexibility index (Phi) is 7.02. The quantitative estimate of drug-likeness (QED) is 0.421. The summed E-state index contributed by atoms with van der Waals surface area (Å²) >= 11 is 0. The predicted molar refractivity (Wildman–Crippen MR) is 107 cm³/mol. The zero-order valence-electron chi connectivity index (χ0n) is 15.3. The maximum absolute atomic E-state index is 9.18. The predicted octanol–water partition coefficient (Wildman–Crippen LogP) is 2.46. The first-order chi connectivity index (χ1) is 13.0. The third kappa shape index (κ3) is 5.93. The standard InChI is InChI=1S/C19H22N8/c1-13(2)23-8-7-17(22)26-19-25-12-16(10-21)18(27-19)24-11-15-6-4-3-5-14(15)9-20/h3-8,10,12-13,21,23H,11H2,1-2H3,(H3,22,24,25,26,27)/b8-7-,21-10?. The van der Waals surface area contributed by atoms with Crippen LogP contribution >= 0.6 is 0 Å². The molecule has 0 aliphatic heterocycles. The van der Waals surface area contributed by atoms with Crippen molar-refractivity contribution in [1.82, 2.24) is 15.3 Å². The third-order valence-electron chi connectivity index (χ3n) is 3.46. The Labute approximate surface area is 158 Å². The van der Waals surface area contributed by atoms with Gasteiger partial charge in [0.1, 0.15) is 11.7 Å². The average molecular weight is 362 g/mol. The van der Waals surface area contributed by atoms with Crippen LogP contribution in [0.5, 0.6) is 0 Å². The van der Waals surface area contributed by atoms with E-state index in [4.69, 9.17) is 11.1 Å². The molecule has 2 aromatic rings. The summed E-state index contributed by atoms with van der Waals surface area (Å²) in [5, 5.41) is 22.9. The lowest BCUT2D eigenvalue weighted by molar-refractivity contribution is 0.703. The van der Waals surface area contributed by atoms with Crippen LogP contribution in [0.2, 0.25) is 0 Å². The first kappa shape index (κ1) is 19.6. The number of nitrogens with one attached hydrogen (secondary N) is 3. The molecule has 5 N–H and O–H groups in total. The van der Waals surface area contributed by atoms with Crippen LogP contribution in [0.1, 0.15) is 30.5 Å². The van der Waals surface area contributed by atoms with Crippen molar-refractivity contribution in [3.63, 3.8) is 0 Å². The highest BCUT2D eigenvalue weighted by Crippen LogP contribution is 2.16. The van der Waals surface area contributed by atoms with Gasteiger partial charge in [-0.2, -0.15) is 15.2 Å². The number of aliphatic imine (C=N–C) groups is 1. The monoisotopic (exact) mass is 362 g/mol. The number of aromatic nitrogens is 2. The molecule has 0 aliphatic carbocycles. The number of hydrogen-bond acceptors (Lipinski definition) is 7. The zero-order valence-corrected chi connectivity index (χ0v) is 15.3. The molecule has 8 nitrogen and oxygen atoms in total.